The quantitative estimate of drug-likeness (QED) is 0.529. The Bertz CT molecular complexity index is 1120. The summed E-state index contributed by atoms with van der Waals surface area (Å²) in [5, 5.41) is 11.7. The second-order valence-corrected chi connectivity index (χ2v) is 7.17. The molecule has 0 radical (unpaired) electrons. The van der Waals surface area contributed by atoms with Crippen molar-refractivity contribution in [3.63, 3.8) is 0 Å². The van der Waals surface area contributed by atoms with Crippen LogP contribution >= 0.6 is 15.9 Å². The fraction of sp³-hybridized carbons (Fsp3) is 0.278. The zero-order valence-corrected chi connectivity index (χ0v) is 17.1. The number of aromatic nitrogens is 4. The highest BCUT2D eigenvalue weighted by Gasteiger charge is 2.21. The largest absolute Gasteiger partial charge is 0.291 e. The van der Waals surface area contributed by atoms with Gasteiger partial charge in [-0.25, -0.2) is 4.68 Å². The van der Waals surface area contributed by atoms with E-state index in [1.165, 1.54) is 4.68 Å². The van der Waals surface area contributed by atoms with Gasteiger partial charge in [-0.05, 0) is 34.8 Å². The summed E-state index contributed by atoms with van der Waals surface area (Å²) in [6.45, 7) is 5.99. The van der Waals surface area contributed by atoms with Gasteiger partial charge in [0.25, 0.3) is 17.4 Å². The van der Waals surface area contributed by atoms with Crippen LogP contribution in [0.5, 0.6) is 0 Å². The van der Waals surface area contributed by atoms with E-state index in [9.17, 15) is 14.4 Å². The molecule has 2 amide bonds. The number of benzene rings is 1. The average molecular weight is 447 g/mol. The molecule has 0 saturated heterocycles. The number of rotatable bonds is 4. The van der Waals surface area contributed by atoms with Crippen LogP contribution in [0.1, 0.15) is 53.4 Å². The number of aromatic amines is 1. The number of hydrogen-bond donors (Lipinski definition) is 3. The first kappa shape index (κ1) is 19.7. The summed E-state index contributed by atoms with van der Waals surface area (Å²) in [5.41, 5.74) is 5.33. The number of halogens is 1. The first-order valence-electron chi connectivity index (χ1n) is 8.69. The number of nitrogens with zero attached hydrogens (tertiary/aromatic N) is 3. The molecule has 0 fully saturated rings. The molecule has 9 nitrogen and oxygen atoms in total. The summed E-state index contributed by atoms with van der Waals surface area (Å²) in [4.78, 5) is 37.4. The van der Waals surface area contributed by atoms with Gasteiger partial charge in [-0.3, -0.25) is 30.3 Å². The minimum absolute atomic E-state index is 0.0429. The molecule has 0 aliphatic heterocycles. The summed E-state index contributed by atoms with van der Waals surface area (Å²) in [6, 6.07) is 6.70. The van der Waals surface area contributed by atoms with Crippen LogP contribution in [0, 0.1) is 0 Å². The van der Waals surface area contributed by atoms with Crippen molar-refractivity contribution >= 4 is 38.5 Å². The van der Waals surface area contributed by atoms with Crippen molar-refractivity contribution in [2.45, 2.75) is 33.2 Å². The van der Waals surface area contributed by atoms with Gasteiger partial charge in [0.1, 0.15) is 0 Å². The van der Waals surface area contributed by atoms with Crippen molar-refractivity contribution in [1.29, 1.82) is 0 Å². The van der Waals surface area contributed by atoms with Crippen LogP contribution in [-0.2, 0) is 6.54 Å². The molecule has 146 valence electrons. The minimum Gasteiger partial charge on any atom is -0.280 e. The van der Waals surface area contributed by atoms with Crippen LogP contribution in [-0.4, -0.2) is 31.8 Å². The summed E-state index contributed by atoms with van der Waals surface area (Å²) >= 11 is 3.35. The summed E-state index contributed by atoms with van der Waals surface area (Å²) in [5.74, 6) is -1.08. The second-order valence-electron chi connectivity index (χ2n) is 6.38. The van der Waals surface area contributed by atoms with Gasteiger partial charge in [-0.15, -0.1) is 0 Å². The molecule has 0 aliphatic carbocycles. The molecular weight excluding hydrogens is 428 g/mol. The van der Waals surface area contributed by atoms with Gasteiger partial charge in [0, 0.05) is 11.9 Å². The number of hydrogen-bond acceptors (Lipinski definition) is 5. The smallest absolute Gasteiger partial charge is 0.280 e. The van der Waals surface area contributed by atoms with E-state index in [0.717, 1.165) is 5.69 Å². The van der Waals surface area contributed by atoms with E-state index in [1.54, 1.807) is 31.2 Å². The third-order valence-electron chi connectivity index (χ3n) is 4.20. The van der Waals surface area contributed by atoms with Crippen molar-refractivity contribution in [2.24, 2.45) is 0 Å². The molecule has 2 heterocycles. The Morgan fingerprint density at radius 3 is 2.32 bits per heavy atom. The molecule has 3 rings (SSSR count). The second kappa shape index (κ2) is 7.93. The maximum Gasteiger partial charge on any atom is 0.291 e. The zero-order chi connectivity index (χ0) is 20.4. The molecule has 2 aromatic heterocycles. The van der Waals surface area contributed by atoms with Crippen LogP contribution in [0.2, 0.25) is 0 Å². The van der Waals surface area contributed by atoms with Gasteiger partial charge < -0.3 is 0 Å². The molecule has 0 saturated carbocycles. The predicted molar refractivity (Wildman–Crippen MR) is 107 cm³/mol. The number of fused-ring (bicyclic) bond motifs is 1. The van der Waals surface area contributed by atoms with E-state index in [-0.39, 0.29) is 22.9 Å². The molecular formula is C18H19BrN6O3. The Kier molecular flexibility index (Phi) is 5.59. The summed E-state index contributed by atoms with van der Waals surface area (Å²) in [6.07, 6.45) is 0. The van der Waals surface area contributed by atoms with Crippen LogP contribution in [0.3, 0.4) is 0 Å². The maximum atomic E-state index is 12.6. The van der Waals surface area contributed by atoms with E-state index in [2.05, 4.69) is 42.1 Å². The van der Waals surface area contributed by atoms with Crippen LogP contribution in [0.25, 0.3) is 10.8 Å². The lowest BCUT2D eigenvalue weighted by molar-refractivity contribution is 0.0840. The fourth-order valence-electron chi connectivity index (χ4n) is 2.72. The van der Waals surface area contributed by atoms with Crippen LogP contribution < -0.4 is 16.4 Å². The fourth-order valence-corrected chi connectivity index (χ4v) is 3.54. The van der Waals surface area contributed by atoms with Crippen molar-refractivity contribution in [1.82, 2.24) is 30.8 Å². The molecule has 10 heteroatoms. The highest BCUT2D eigenvalue weighted by atomic mass is 79.9. The van der Waals surface area contributed by atoms with E-state index in [0.29, 0.717) is 21.8 Å². The SMILES string of the molecule is CCn1nc(C(=O)NNC(=O)c2n[nH]c(C(C)C)c2Br)c2ccccc2c1=O. The van der Waals surface area contributed by atoms with Crippen molar-refractivity contribution in [3.05, 3.63) is 56.2 Å². The van der Waals surface area contributed by atoms with E-state index >= 15 is 0 Å². The summed E-state index contributed by atoms with van der Waals surface area (Å²) in [7, 11) is 0. The van der Waals surface area contributed by atoms with E-state index in [1.807, 2.05) is 13.8 Å². The van der Waals surface area contributed by atoms with Gasteiger partial charge in [-0.2, -0.15) is 10.2 Å². The normalized spacial score (nSPS) is 11.0. The molecule has 0 aliphatic rings. The van der Waals surface area contributed by atoms with Gasteiger partial charge >= 0.3 is 0 Å². The molecule has 3 N–H and O–H groups in total. The topological polar surface area (TPSA) is 122 Å². The highest BCUT2D eigenvalue weighted by molar-refractivity contribution is 9.10. The van der Waals surface area contributed by atoms with Gasteiger partial charge in [0.15, 0.2) is 11.4 Å². The zero-order valence-electron chi connectivity index (χ0n) is 15.5. The van der Waals surface area contributed by atoms with Crippen molar-refractivity contribution in [2.75, 3.05) is 0 Å². The monoisotopic (exact) mass is 446 g/mol. The lowest BCUT2D eigenvalue weighted by Crippen LogP contribution is -2.43. The molecule has 0 unspecified atom stereocenters. The lowest BCUT2D eigenvalue weighted by atomic mass is 10.1. The number of hydrazine groups is 1. The lowest BCUT2D eigenvalue weighted by Gasteiger charge is -2.10. The van der Waals surface area contributed by atoms with Gasteiger partial charge in [-0.1, -0.05) is 32.0 Å². The number of aryl methyl sites for hydroxylation is 1. The Morgan fingerprint density at radius 2 is 1.75 bits per heavy atom. The first-order chi connectivity index (χ1) is 13.3. The molecule has 28 heavy (non-hydrogen) atoms. The molecule has 1 aromatic carbocycles. The van der Waals surface area contributed by atoms with E-state index in [4.69, 9.17) is 0 Å². The first-order valence-corrected chi connectivity index (χ1v) is 9.48. The van der Waals surface area contributed by atoms with Crippen LogP contribution in [0.15, 0.2) is 33.5 Å². The number of carbonyl (C=O) groups is 2. The molecule has 0 spiro atoms. The molecule has 3 aromatic rings. The maximum absolute atomic E-state index is 12.6. The van der Waals surface area contributed by atoms with Gasteiger partial charge in [0.05, 0.1) is 15.6 Å². The third kappa shape index (κ3) is 3.55. The number of nitrogens with one attached hydrogen (secondary N) is 3. The Morgan fingerprint density at radius 1 is 1.14 bits per heavy atom. The third-order valence-corrected chi connectivity index (χ3v) is 5.00. The number of carbonyl (C=O) groups excluding carboxylic acids is 2. The van der Waals surface area contributed by atoms with Gasteiger partial charge in [0.2, 0.25) is 0 Å². The van der Waals surface area contributed by atoms with Crippen molar-refractivity contribution < 1.29 is 9.59 Å². The van der Waals surface area contributed by atoms with Crippen LogP contribution in [0.4, 0.5) is 0 Å². The Balaban J connectivity index is 1.85. The minimum atomic E-state index is -0.637. The Labute approximate surface area is 168 Å². The molecule has 0 atom stereocenters. The van der Waals surface area contributed by atoms with E-state index < -0.39 is 11.8 Å². The highest BCUT2D eigenvalue weighted by Crippen LogP contribution is 2.25. The Hall–Kier alpha value is -3.01. The van der Waals surface area contributed by atoms with Crippen molar-refractivity contribution in [3.8, 4) is 0 Å². The molecule has 0 bridgehead atoms. The summed E-state index contributed by atoms with van der Waals surface area (Å²) < 4.78 is 1.75. The number of amides is 2. The number of H-pyrrole nitrogens is 1. The predicted octanol–water partition coefficient (Wildman–Crippen LogP) is 2.10. The average Bonchev–Trinajstić information content (AvgIpc) is 3.08. The standard InChI is InChI=1S/C18H19BrN6O3/c1-4-25-18(28)11-8-6-5-7-10(11)14(24-25)16(26)22-23-17(27)15-12(19)13(9(2)3)20-21-15/h5-9H,4H2,1-3H3,(H,20,21)(H,22,26)(H,23,27).